The van der Waals surface area contributed by atoms with Gasteiger partial charge in [0.25, 0.3) is 0 Å². The first-order chi connectivity index (χ1) is 15.0. The van der Waals surface area contributed by atoms with E-state index in [2.05, 4.69) is 14.8 Å². The number of amides is 2. The molecule has 1 aromatic rings. The number of aromatic nitrogens is 1. The van der Waals surface area contributed by atoms with Gasteiger partial charge in [0.15, 0.2) is 0 Å². The van der Waals surface area contributed by atoms with Gasteiger partial charge in [0.1, 0.15) is 5.82 Å². The molecular weight excluding hydrogens is 416 g/mol. The van der Waals surface area contributed by atoms with Gasteiger partial charge in [-0.05, 0) is 57.4 Å². The van der Waals surface area contributed by atoms with Crippen LogP contribution in [0.25, 0.3) is 0 Å². The molecule has 0 unspecified atom stereocenters. The summed E-state index contributed by atoms with van der Waals surface area (Å²) in [4.78, 5) is 36.2. The number of aliphatic hydroxyl groups is 1. The van der Waals surface area contributed by atoms with E-state index in [0.29, 0.717) is 30.4 Å². The van der Waals surface area contributed by atoms with Crippen LogP contribution in [0.5, 0.6) is 0 Å². The standard InChI is InChI=1S/C23H31ClN4O3/c24-19-13-17(27-11-1-3-20(27)30)14-25-21(19)26-10-2-8-23(15-26)9-12-28(22(23)31)16-4-6-18(29)7-5-16/h13-14,16,18,29H,1-12,15H2/t16-,18-,23-/m0/s1. The predicted molar refractivity (Wildman–Crippen MR) is 119 cm³/mol. The Morgan fingerprint density at radius 2 is 1.87 bits per heavy atom. The number of aliphatic hydroxyl groups excluding tert-OH is 1. The maximum atomic E-state index is 13.5. The van der Waals surface area contributed by atoms with Gasteiger partial charge in [-0.3, -0.25) is 9.59 Å². The van der Waals surface area contributed by atoms with E-state index in [1.165, 1.54) is 0 Å². The third-order valence-electron chi connectivity index (χ3n) is 7.72. The zero-order chi connectivity index (χ0) is 21.6. The maximum absolute atomic E-state index is 13.5. The summed E-state index contributed by atoms with van der Waals surface area (Å²) >= 11 is 6.62. The van der Waals surface area contributed by atoms with Crippen molar-refractivity contribution in [3.05, 3.63) is 17.3 Å². The second-order valence-corrected chi connectivity index (χ2v) is 10.1. The summed E-state index contributed by atoms with van der Waals surface area (Å²) < 4.78 is 0. The number of nitrogens with zero attached hydrogens (tertiary/aromatic N) is 4. The van der Waals surface area contributed by atoms with Crippen molar-refractivity contribution < 1.29 is 14.7 Å². The number of piperidine rings is 1. The molecule has 0 radical (unpaired) electrons. The number of likely N-dealkylation sites (tertiary alicyclic amines) is 1. The first-order valence-electron chi connectivity index (χ1n) is 11.7. The lowest BCUT2D eigenvalue weighted by Gasteiger charge is -2.41. The summed E-state index contributed by atoms with van der Waals surface area (Å²) in [6.07, 6.45) is 9.07. The lowest BCUT2D eigenvalue weighted by atomic mass is 9.78. The molecule has 4 heterocycles. The van der Waals surface area contributed by atoms with Gasteiger partial charge in [-0.25, -0.2) is 4.98 Å². The molecule has 4 fully saturated rings. The molecule has 7 nitrogen and oxygen atoms in total. The summed E-state index contributed by atoms with van der Waals surface area (Å²) in [6.45, 7) is 3.00. The highest BCUT2D eigenvalue weighted by atomic mass is 35.5. The molecule has 1 spiro atoms. The fourth-order valence-electron chi connectivity index (χ4n) is 5.98. The number of pyridine rings is 1. The number of halogens is 1. The predicted octanol–water partition coefficient (Wildman–Crippen LogP) is 2.98. The number of hydrogen-bond acceptors (Lipinski definition) is 5. The quantitative estimate of drug-likeness (QED) is 0.772. The lowest BCUT2D eigenvalue weighted by Crippen LogP contribution is -2.50. The van der Waals surface area contributed by atoms with Crippen molar-refractivity contribution in [3.8, 4) is 0 Å². The average Bonchev–Trinajstić information content (AvgIpc) is 3.33. The van der Waals surface area contributed by atoms with E-state index in [-0.39, 0.29) is 29.4 Å². The molecule has 4 aliphatic rings. The summed E-state index contributed by atoms with van der Waals surface area (Å²) in [7, 11) is 0. The first-order valence-corrected chi connectivity index (χ1v) is 12.0. The van der Waals surface area contributed by atoms with Crippen molar-refractivity contribution in [2.45, 2.75) is 69.9 Å². The zero-order valence-electron chi connectivity index (χ0n) is 17.9. The van der Waals surface area contributed by atoms with Crippen LogP contribution >= 0.6 is 11.6 Å². The summed E-state index contributed by atoms with van der Waals surface area (Å²) in [5, 5.41) is 10.4. The number of carbonyl (C=O) groups excluding carboxylic acids is 2. The van der Waals surface area contributed by atoms with Crippen LogP contribution in [-0.4, -0.2) is 65.1 Å². The first kappa shape index (κ1) is 21.0. The van der Waals surface area contributed by atoms with Gasteiger partial charge < -0.3 is 19.8 Å². The van der Waals surface area contributed by atoms with E-state index in [0.717, 1.165) is 70.1 Å². The van der Waals surface area contributed by atoms with Crippen LogP contribution in [-0.2, 0) is 9.59 Å². The fourth-order valence-corrected chi connectivity index (χ4v) is 6.26. The second kappa shape index (κ2) is 8.24. The molecule has 1 saturated carbocycles. The van der Waals surface area contributed by atoms with Gasteiger partial charge in [-0.15, -0.1) is 0 Å². The molecule has 0 aromatic carbocycles. The van der Waals surface area contributed by atoms with Crippen molar-refractivity contribution >= 4 is 34.9 Å². The Labute approximate surface area is 188 Å². The molecule has 1 aliphatic carbocycles. The normalized spacial score (nSPS) is 31.9. The molecule has 1 aromatic heterocycles. The van der Waals surface area contributed by atoms with E-state index in [1.54, 1.807) is 11.1 Å². The Hall–Kier alpha value is -1.86. The topological polar surface area (TPSA) is 77.0 Å². The zero-order valence-corrected chi connectivity index (χ0v) is 18.7. The third-order valence-corrected chi connectivity index (χ3v) is 8.00. The highest BCUT2D eigenvalue weighted by Crippen LogP contribution is 2.44. The maximum Gasteiger partial charge on any atom is 0.230 e. The van der Waals surface area contributed by atoms with Gasteiger partial charge >= 0.3 is 0 Å². The molecule has 2 amide bonds. The van der Waals surface area contributed by atoms with E-state index < -0.39 is 0 Å². The van der Waals surface area contributed by atoms with Crippen LogP contribution in [0.2, 0.25) is 5.02 Å². The fraction of sp³-hybridized carbons (Fsp3) is 0.696. The molecule has 168 valence electrons. The lowest BCUT2D eigenvalue weighted by molar-refractivity contribution is -0.139. The third kappa shape index (κ3) is 3.80. The minimum Gasteiger partial charge on any atom is -0.393 e. The van der Waals surface area contributed by atoms with Gasteiger partial charge in [-0.2, -0.15) is 0 Å². The summed E-state index contributed by atoms with van der Waals surface area (Å²) in [5.74, 6) is 1.10. The van der Waals surface area contributed by atoms with Crippen molar-refractivity contribution in [2.75, 3.05) is 36.0 Å². The smallest absolute Gasteiger partial charge is 0.230 e. The number of carbonyl (C=O) groups is 2. The molecule has 1 N–H and O–H groups in total. The Morgan fingerprint density at radius 1 is 1.06 bits per heavy atom. The highest BCUT2D eigenvalue weighted by Gasteiger charge is 2.51. The Balaban J connectivity index is 1.31. The molecule has 0 bridgehead atoms. The average molecular weight is 447 g/mol. The second-order valence-electron chi connectivity index (χ2n) is 9.66. The van der Waals surface area contributed by atoms with Crippen LogP contribution in [0.3, 0.4) is 0 Å². The monoisotopic (exact) mass is 446 g/mol. The molecule has 1 atom stereocenters. The Bertz CT molecular complexity index is 872. The van der Waals surface area contributed by atoms with E-state index in [1.807, 2.05) is 6.07 Å². The van der Waals surface area contributed by atoms with Gasteiger partial charge in [0.2, 0.25) is 11.8 Å². The largest absolute Gasteiger partial charge is 0.393 e. The van der Waals surface area contributed by atoms with Crippen LogP contribution in [0.1, 0.15) is 57.8 Å². The Morgan fingerprint density at radius 3 is 2.58 bits per heavy atom. The van der Waals surface area contributed by atoms with Crippen LogP contribution in [0.4, 0.5) is 11.5 Å². The number of rotatable bonds is 3. The van der Waals surface area contributed by atoms with E-state index >= 15 is 0 Å². The molecule has 8 heteroatoms. The minimum absolute atomic E-state index is 0.120. The Kier molecular flexibility index (Phi) is 5.59. The molecule has 3 aliphatic heterocycles. The SMILES string of the molecule is O=C1CCCN1c1cnc(N2CCC[C@]3(CCN([C@H]4CC[C@H](O)CC4)C3=O)C2)c(Cl)c1. The van der Waals surface area contributed by atoms with Gasteiger partial charge in [0.05, 0.1) is 28.4 Å². The molecule has 5 rings (SSSR count). The summed E-state index contributed by atoms with van der Waals surface area (Å²) in [5.41, 5.74) is 0.397. The highest BCUT2D eigenvalue weighted by molar-refractivity contribution is 6.33. The molecule has 3 saturated heterocycles. The van der Waals surface area contributed by atoms with E-state index in [4.69, 9.17) is 11.6 Å². The van der Waals surface area contributed by atoms with E-state index in [9.17, 15) is 14.7 Å². The minimum atomic E-state index is -0.358. The summed E-state index contributed by atoms with van der Waals surface area (Å²) in [6, 6.07) is 2.11. The van der Waals surface area contributed by atoms with Gasteiger partial charge in [-0.1, -0.05) is 11.6 Å². The van der Waals surface area contributed by atoms with Crippen molar-refractivity contribution in [1.29, 1.82) is 0 Å². The molecular formula is C23H31ClN4O3. The van der Waals surface area contributed by atoms with Crippen LogP contribution in [0.15, 0.2) is 12.3 Å². The number of hydrogen-bond donors (Lipinski definition) is 1. The number of anilines is 2. The van der Waals surface area contributed by atoms with Crippen LogP contribution in [0, 0.1) is 5.41 Å². The van der Waals surface area contributed by atoms with Crippen molar-refractivity contribution in [3.63, 3.8) is 0 Å². The van der Waals surface area contributed by atoms with Gasteiger partial charge in [0, 0.05) is 38.6 Å². The van der Waals surface area contributed by atoms with Crippen molar-refractivity contribution in [2.24, 2.45) is 5.41 Å². The molecule has 31 heavy (non-hydrogen) atoms. The van der Waals surface area contributed by atoms with Crippen molar-refractivity contribution in [1.82, 2.24) is 9.88 Å². The van der Waals surface area contributed by atoms with Crippen LogP contribution < -0.4 is 9.80 Å².